The number of hydrogen-bond donors (Lipinski definition) is 0. The van der Waals surface area contributed by atoms with Crippen LogP contribution in [0.3, 0.4) is 0 Å². The first-order chi connectivity index (χ1) is 16.2. The van der Waals surface area contributed by atoms with Crippen molar-refractivity contribution < 1.29 is 4.79 Å². The number of fused-ring (bicyclic) bond motifs is 7. The van der Waals surface area contributed by atoms with Gasteiger partial charge in [-0.3, -0.25) is 4.79 Å². The van der Waals surface area contributed by atoms with Crippen LogP contribution in [0.5, 0.6) is 0 Å². The minimum absolute atomic E-state index is 0. The Bertz CT molecular complexity index is 1500. The summed E-state index contributed by atoms with van der Waals surface area (Å²) >= 11 is 0. The number of nitrogens with zero attached hydrogens (tertiary/aromatic N) is 4. The van der Waals surface area contributed by atoms with E-state index in [1.165, 1.54) is 16.7 Å². The summed E-state index contributed by atoms with van der Waals surface area (Å²) in [4.78, 5) is 23.1. The Morgan fingerprint density at radius 2 is 1.63 bits per heavy atom. The second-order valence-corrected chi connectivity index (χ2v) is 10.5. The standard InChI is InChI=1S/C29H31N4O.Mg/c1-12-14(3)22-10-24-16(5)17(6)28(32-24)19-8-26(34)27-18(7)25(33-29(19)27)11-23-15(4)13(2)21(31-23)9-20(12)30-22;/h9-11,15-17,24H,8H2,1-7H3,(H-,32,33,34);/q-3;+2/p-1/b20-9-,22-10-,23-11-;/t15?,16-,17-,24?;/m0./s1. The summed E-state index contributed by atoms with van der Waals surface area (Å²) in [7, 11) is 0. The fourth-order valence-corrected chi connectivity index (χ4v) is 5.78. The maximum atomic E-state index is 13.1. The van der Waals surface area contributed by atoms with E-state index in [-0.39, 0.29) is 46.7 Å². The maximum Gasteiger partial charge on any atom is 2.00 e. The van der Waals surface area contributed by atoms with E-state index in [4.69, 9.17) is 20.6 Å². The first kappa shape index (κ1) is 24.3. The predicted molar refractivity (Wildman–Crippen MR) is 142 cm³/mol. The Labute approximate surface area is 223 Å². The molecule has 2 aromatic heterocycles. The SMILES string of the molecule is CC1=C2/C=c3\[n-]/c(c(C)c3C)=C\C3[N-]/C(=C4/CC(=O)c5c4[n-]c(c5C)/C=C(\[N-]2)C1C)[C@@H](C)[C@@H]3C.[Mg+2]. The molecule has 1 saturated heterocycles. The van der Waals surface area contributed by atoms with Crippen LogP contribution in [0.15, 0.2) is 22.7 Å². The van der Waals surface area contributed by atoms with Gasteiger partial charge < -0.3 is 20.6 Å². The number of carbonyl (C=O) groups is 1. The van der Waals surface area contributed by atoms with Gasteiger partial charge in [-0.05, 0) is 45.4 Å². The van der Waals surface area contributed by atoms with Crippen LogP contribution in [0, 0.1) is 38.5 Å². The van der Waals surface area contributed by atoms with Crippen LogP contribution in [0.4, 0.5) is 0 Å². The average molecular weight is 475 g/mol. The van der Waals surface area contributed by atoms with Crippen molar-refractivity contribution in [2.45, 2.75) is 60.9 Å². The van der Waals surface area contributed by atoms with Crippen LogP contribution in [0.1, 0.15) is 72.6 Å². The van der Waals surface area contributed by atoms with E-state index in [0.717, 1.165) is 55.9 Å². The molecule has 0 aromatic carbocycles. The molecule has 6 rings (SSSR count). The van der Waals surface area contributed by atoms with Gasteiger partial charge in [-0.1, -0.05) is 66.8 Å². The van der Waals surface area contributed by atoms with Crippen molar-refractivity contribution in [2.24, 2.45) is 17.8 Å². The van der Waals surface area contributed by atoms with Gasteiger partial charge in [0.25, 0.3) is 0 Å². The van der Waals surface area contributed by atoms with Crippen molar-refractivity contribution in [1.82, 2.24) is 9.97 Å². The number of Topliss-reactive ketones (excluding diaryl/α,β-unsaturated/α-hetero) is 1. The normalized spacial score (nSPS) is 32.2. The third-order valence-electron chi connectivity index (χ3n) is 8.69. The molecule has 0 amide bonds. The number of carbonyl (C=O) groups excluding carboxylic acids is 1. The van der Waals surface area contributed by atoms with Gasteiger partial charge in [0.1, 0.15) is 0 Å². The quantitative estimate of drug-likeness (QED) is 0.532. The molecule has 35 heavy (non-hydrogen) atoms. The van der Waals surface area contributed by atoms with Gasteiger partial charge in [0.15, 0.2) is 5.78 Å². The van der Waals surface area contributed by atoms with E-state index < -0.39 is 0 Å². The molecule has 0 N–H and O–H groups in total. The number of allylic oxidation sites excluding steroid dienone is 4. The molecular formula is C29H30MgN4O-2. The van der Waals surface area contributed by atoms with E-state index >= 15 is 0 Å². The topological polar surface area (TPSA) is 73.5 Å². The zero-order chi connectivity index (χ0) is 24.0. The number of rotatable bonds is 0. The minimum atomic E-state index is 0. The van der Waals surface area contributed by atoms with Gasteiger partial charge in [-0.15, -0.1) is 33.9 Å². The maximum absolute atomic E-state index is 13.1. The number of ketones is 1. The van der Waals surface area contributed by atoms with Crippen LogP contribution in [-0.2, 0) is 0 Å². The van der Waals surface area contributed by atoms with Crippen molar-refractivity contribution in [3.63, 3.8) is 0 Å². The van der Waals surface area contributed by atoms with Crippen LogP contribution in [0.25, 0.3) is 34.4 Å². The fraction of sp³-hybridized carbons (Fsp3) is 0.414. The fourth-order valence-electron chi connectivity index (χ4n) is 5.78. The summed E-state index contributed by atoms with van der Waals surface area (Å²) in [6.07, 6.45) is 6.80. The van der Waals surface area contributed by atoms with Crippen molar-refractivity contribution >= 4 is 52.6 Å². The molecule has 5 nitrogen and oxygen atoms in total. The van der Waals surface area contributed by atoms with Gasteiger partial charge in [0.05, 0.1) is 0 Å². The zero-order valence-electron chi connectivity index (χ0n) is 21.7. The first-order valence-corrected chi connectivity index (χ1v) is 12.3. The summed E-state index contributed by atoms with van der Waals surface area (Å²) < 4.78 is 0. The number of hydrogen-bond acceptors (Lipinski definition) is 1. The zero-order valence-corrected chi connectivity index (χ0v) is 23.1. The second kappa shape index (κ2) is 8.31. The average Bonchev–Trinajstić information content (AvgIpc) is 3.52. The molecule has 1 fully saturated rings. The van der Waals surface area contributed by atoms with E-state index in [0.29, 0.717) is 12.3 Å². The molecule has 0 spiro atoms. The minimum Gasteiger partial charge on any atom is -0.681 e. The van der Waals surface area contributed by atoms with E-state index in [9.17, 15) is 4.79 Å². The van der Waals surface area contributed by atoms with Gasteiger partial charge in [-0.2, -0.15) is 11.4 Å². The van der Waals surface area contributed by atoms with Gasteiger partial charge in [0, 0.05) is 12.0 Å². The molecule has 2 unspecified atom stereocenters. The molecule has 0 radical (unpaired) electrons. The Morgan fingerprint density at radius 1 is 0.914 bits per heavy atom. The molecule has 8 bridgehead atoms. The Morgan fingerprint density at radius 3 is 2.37 bits per heavy atom. The Kier molecular flexibility index (Phi) is 5.76. The van der Waals surface area contributed by atoms with Crippen LogP contribution in [-0.4, -0.2) is 34.9 Å². The molecule has 4 aliphatic rings. The van der Waals surface area contributed by atoms with Crippen molar-refractivity contribution in [1.29, 1.82) is 0 Å². The van der Waals surface area contributed by atoms with Crippen molar-refractivity contribution in [3.8, 4) is 0 Å². The van der Waals surface area contributed by atoms with Gasteiger partial charge in [-0.25, -0.2) is 0 Å². The largest absolute Gasteiger partial charge is 2.00 e. The Hall–Kier alpha value is -2.44. The van der Waals surface area contributed by atoms with E-state index in [1.807, 2.05) is 6.92 Å². The molecule has 3 aliphatic heterocycles. The third kappa shape index (κ3) is 3.44. The predicted octanol–water partition coefficient (Wildman–Crippen LogP) is 4.38. The monoisotopic (exact) mass is 474 g/mol. The van der Waals surface area contributed by atoms with Gasteiger partial charge in [0.2, 0.25) is 0 Å². The molecule has 5 heterocycles. The molecule has 0 saturated carbocycles. The van der Waals surface area contributed by atoms with Crippen molar-refractivity contribution in [3.05, 3.63) is 77.6 Å². The molecular weight excluding hydrogens is 445 g/mol. The van der Waals surface area contributed by atoms with Gasteiger partial charge >= 0.3 is 23.1 Å². The van der Waals surface area contributed by atoms with Crippen LogP contribution < -0.4 is 20.7 Å². The summed E-state index contributed by atoms with van der Waals surface area (Å²) in [5.41, 5.74) is 11.0. The summed E-state index contributed by atoms with van der Waals surface area (Å²) in [6.45, 7) is 15.1. The van der Waals surface area contributed by atoms with Crippen LogP contribution >= 0.6 is 0 Å². The molecule has 4 atom stereocenters. The molecule has 1 aliphatic carbocycles. The first-order valence-electron chi connectivity index (χ1n) is 12.3. The summed E-state index contributed by atoms with van der Waals surface area (Å²) in [5, 5.41) is 12.1. The second-order valence-electron chi connectivity index (χ2n) is 10.5. The Balaban J connectivity index is 0.00000253. The molecule has 6 heteroatoms. The van der Waals surface area contributed by atoms with Crippen LogP contribution in [0.2, 0.25) is 0 Å². The third-order valence-corrected chi connectivity index (χ3v) is 8.69. The van der Waals surface area contributed by atoms with Crippen molar-refractivity contribution in [2.75, 3.05) is 0 Å². The summed E-state index contributed by atoms with van der Waals surface area (Å²) in [5.74, 6) is 0.932. The summed E-state index contributed by atoms with van der Waals surface area (Å²) in [6, 6.07) is 0.0320. The smallest absolute Gasteiger partial charge is 0.681 e. The molecule has 2 aromatic rings. The van der Waals surface area contributed by atoms with E-state index in [2.05, 4.69) is 59.8 Å². The molecule has 176 valence electrons. The number of aromatic nitrogens is 2. The van der Waals surface area contributed by atoms with E-state index in [1.54, 1.807) is 0 Å².